The predicted molar refractivity (Wildman–Crippen MR) is 86.8 cm³/mol. The number of hydroxylamine groups is 2. The van der Waals surface area contributed by atoms with Crippen molar-refractivity contribution in [3.05, 3.63) is 52.5 Å². The van der Waals surface area contributed by atoms with E-state index in [1.807, 2.05) is 0 Å². The maximum absolute atomic E-state index is 11.7. The van der Waals surface area contributed by atoms with Crippen LogP contribution in [0.1, 0.15) is 12.0 Å². The summed E-state index contributed by atoms with van der Waals surface area (Å²) in [6, 6.07) is 4.88. The van der Waals surface area contributed by atoms with Gasteiger partial charge in [0.2, 0.25) is 5.91 Å². The molecule has 0 aliphatic heterocycles. The Kier molecular flexibility index (Phi) is 7.66. The molecule has 118 valence electrons. The SMILES string of the molecule is C=CC(=O)NCCCN(O)C(=O)/C=C/c1ccc(Cl)cc1Cl. The van der Waals surface area contributed by atoms with E-state index in [2.05, 4.69) is 11.9 Å². The summed E-state index contributed by atoms with van der Waals surface area (Å²) in [6.07, 6.45) is 4.26. The van der Waals surface area contributed by atoms with Gasteiger partial charge in [-0.1, -0.05) is 35.8 Å². The van der Waals surface area contributed by atoms with Gasteiger partial charge in [0.05, 0.1) is 6.54 Å². The molecule has 1 aromatic rings. The minimum atomic E-state index is -0.582. The van der Waals surface area contributed by atoms with Crippen LogP contribution in [-0.2, 0) is 9.59 Å². The number of benzene rings is 1. The zero-order chi connectivity index (χ0) is 16.5. The van der Waals surface area contributed by atoms with Crippen molar-refractivity contribution >= 4 is 41.1 Å². The van der Waals surface area contributed by atoms with Gasteiger partial charge < -0.3 is 5.32 Å². The van der Waals surface area contributed by atoms with E-state index in [1.165, 1.54) is 12.2 Å². The lowest BCUT2D eigenvalue weighted by atomic mass is 10.2. The molecule has 0 saturated carbocycles. The zero-order valence-corrected chi connectivity index (χ0v) is 13.3. The minimum Gasteiger partial charge on any atom is -0.353 e. The number of nitrogens with one attached hydrogen (secondary N) is 1. The Morgan fingerprint density at radius 3 is 2.73 bits per heavy atom. The molecule has 0 aliphatic rings. The Bertz CT molecular complexity index is 588. The van der Waals surface area contributed by atoms with E-state index >= 15 is 0 Å². The van der Waals surface area contributed by atoms with E-state index < -0.39 is 5.91 Å². The fourth-order valence-electron chi connectivity index (χ4n) is 1.51. The molecule has 0 saturated heterocycles. The molecule has 0 radical (unpaired) electrons. The van der Waals surface area contributed by atoms with Gasteiger partial charge in [0, 0.05) is 22.7 Å². The van der Waals surface area contributed by atoms with Gasteiger partial charge in [-0.2, -0.15) is 0 Å². The van der Waals surface area contributed by atoms with Crippen LogP contribution >= 0.6 is 23.2 Å². The number of amides is 2. The molecule has 0 fully saturated rings. The number of rotatable bonds is 7. The molecule has 0 spiro atoms. The van der Waals surface area contributed by atoms with Crippen molar-refractivity contribution in [1.82, 2.24) is 10.4 Å². The van der Waals surface area contributed by atoms with Gasteiger partial charge in [0.15, 0.2) is 0 Å². The van der Waals surface area contributed by atoms with E-state index in [-0.39, 0.29) is 12.5 Å². The van der Waals surface area contributed by atoms with E-state index in [0.29, 0.717) is 33.6 Å². The molecule has 0 heterocycles. The summed E-state index contributed by atoms with van der Waals surface area (Å²) < 4.78 is 0. The molecule has 0 aromatic heterocycles. The van der Waals surface area contributed by atoms with Gasteiger partial charge in [-0.25, -0.2) is 5.06 Å². The lowest BCUT2D eigenvalue weighted by molar-refractivity contribution is -0.159. The average molecular weight is 343 g/mol. The number of hydrogen-bond donors (Lipinski definition) is 2. The third-order valence-electron chi connectivity index (χ3n) is 2.65. The van der Waals surface area contributed by atoms with E-state index in [0.717, 1.165) is 6.08 Å². The minimum absolute atomic E-state index is 0.0922. The second-order valence-corrected chi connectivity index (χ2v) is 5.15. The second-order valence-electron chi connectivity index (χ2n) is 4.31. The third-order valence-corrected chi connectivity index (χ3v) is 3.22. The molecular weight excluding hydrogens is 327 g/mol. The van der Waals surface area contributed by atoms with E-state index in [9.17, 15) is 14.8 Å². The van der Waals surface area contributed by atoms with Crippen molar-refractivity contribution in [2.45, 2.75) is 6.42 Å². The fourth-order valence-corrected chi connectivity index (χ4v) is 1.98. The van der Waals surface area contributed by atoms with Crippen molar-refractivity contribution in [2.24, 2.45) is 0 Å². The summed E-state index contributed by atoms with van der Waals surface area (Å²) in [5, 5.41) is 13.6. The number of carbonyl (C=O) groups is 2. The van der Waals surface area contributed by atoms with Gasteiger partial charge in [-0.05, 0) is 36.3 Å². The standard InChI is InChI=1S/C15H16Cl2N2O3/c1-2-14(20)18-8-3-9-19(22)15(21)7-5-11-4-6-12(16)10-13(11)17/h2,4-7,10,22H,1,3,8-9H2,(H,18,20)/b7-5+. The average Bonchev–Trinajstić information content (AvgIpc) is 2.49. The number of carbonyl (C=O) groups excluding carboxylic acids is 2. The maximum Gasteiger partial charge on any atom is 0.269 e. The zero-order valence-electron chi connectivity index (χ0n) is 11.8. The van der Waals surface area contributed by atoms with Crippen LogP contribution in [0.2, 0.25) is 10.0 Å². The van der Waals surface area contributed by atoms with Crippen LogP contribution in [0.5, 0.6) is 0 Å². The predicted octanol–water partition coefficient (Wildman–Crippen LogP) is 2.92. The molecule has 5 nitrogen and oxygen atoms in total. The number of nitrogens with zero attached hydrogens (tertiary/aromatic N) is 1. The van der Waals surface area contributed by atoms with Crippen molar-refractivity contribution < 1.29 is 14.8 Å². The third kappa shape index (κ3) is 6.30. The van der Waals surface area contributed by atoms with Gasteiger partial charge in [0.1, 0.15) is 0 Å². The molecule has 0 bridgehead atoms. The smallest absolute Gasteiger partial charge is 0.269 e. The van der Waals surface area contributed by atoms with Crippen LogP contribution in [0.25, 0.3) is 6.08 Å². The van der Waals surface area contributed by atoms with Gasteiger partial charge in [-0.3, -0.25) is 14.8 Å². The van der Waals surface area contributed by atoms with Crippen LogP contribution in [0.4, 0.5) is 0 Å². The van der Waals surface area contributed by atoms with Crippen LogP contribution in [0.3, 0.4) is 0 Å². The van der Waals surface area contributed by atoms with Gasteiger partial charge in [0.25, 0.3) is 5.91 Å². The largest absolute Gasteiger partial charge is 0.353 e. The summed E-state index contributed by atoms with van der Waals surface area (Å²) in [5.74, 6) is -0.880. The van der Waals surface area contributed by atoms with Crippen LogP contribution in [0, 0.1) is 0 Å². The monoisotopic (exact) mass is 342 g/mol. The van der Waals surface area contributed by atoms with Crippen molar-refractivity contribution in [2.75, 3.05) is 13.1 Å². The summed E-state index contributed by atoms with van der Waals surface area (Å²) in [5.41, 5.74) is 0.617. The molecule has 0 atom stereocenters. The van der Waals surface area contributed by atoms with Crippen LogP contribution < -0.4 is 5.32 Å². The molecule has 0 aliphatic carbocycles. The quantitative estimate of drug-likeness (QED) is 0.346. The molecule has 2 amide bonds. The molecule has 0 unspecified atom stereocenters. The highest BCUT2D eigenvalue weighted by molar-refractivity contribution is 6.35. The number of hydrogen-bond acceptors (Lipinski definition) is 3. The van der Waals surface area contributed by atoms with Crippen LogP contribution in [0.15, 0.2) is 36.9 Å². The first-order chi connectivity index (χ1) is 10.4. The molecule has 1 aromatic carbocycles. The van der Waals surface area contributed by atoms with E-state index in [4.69, 9.17) is 23.2 Å². The summed E-state index contributed by atoms with van der Waals surface area (Å²) >= 11 is 11.7. The molecule has 1 rings (SSSR count). The molecule has 22 heavy (non-hydrogen) atoms. The Balaban J connectivity index is 2.44. The highest BCUT2D eigenvalue weighted by Gasteiger charge is 2.07. The Labute approximate surface area is 138 Å². The van der Waals surface area contributed by atoms with Gasteiger partial charge in [-0.15, -0.1) is 0 Å². The topological polar surface area (TPSA) is 69.6 Å². The van der Waals surface area contributed by atoms with Crippen molar-refractivity contribution in [3.8, 4) is 0 Å². The highest BCUT2D eigenvalue weighted by Crippen LogP contribution is 2.21. The van der Waals surface area contributed by atoms with Crippen molar-refractivity contribution in [1.29, 1.82) is 0 Å². The first kappa shape index (κ1) is 18.2. The van der Waals surface area contributed by atoms with E-state index in [1.54, 1.807) is 18.2 Å². The Morgan fingerprint density at radius 1 is 1.36 bits per heavy atom. The van der Waals surface area contributed by atoms with Gasteiger partial charge >= 0.3 is 0 Å². The lowest BCUT2D eigenvalue weighted by Gasteiger charge is -2.12. The highest BCUT2D eigenvalue weighted by atomic mass is 35.5. The fraction of sp³-hybridized carbons (Fsp3) is 0.200. The Hall–Kier alpha value is -1.82. The summed E-state index contributed by atoms with van der Waals surface area (Å²) in [7, 11) is 0. The number of halogens is 2. The molecule has 2 N–H and O–H groups in total. The molecular formula is C15H16Cl2N2O3. The Morgan fingerprint density at radius 2 is 2.09 bits per heavy atom. The molecule has 7 heteroatoms. The van der Waals surface area contributed by atoms with Crippen molar-refractivity contribution in [3.63, 3.8) is 0 Å². The summed E-state index contributed by atoms with van der Waals surface area (Å²) in [4.78, 5) is 22.6. The second kappa shape index (κ2) is 9.25. The van der Waals surface area contributed by atoms with Crippen LogP contribution in [-0.4, -0.2) is 35.2 Å². The first-order valence-corrected chi connectivity index (χ1v) is 7.23. The maximum atomic E-state index is 11.7. The summed E-state index contributed by atoms with van der Waals surface area (Å²) in [6.45, 7) is 3.74. The first-order valence-electron chi connectivity index (χ1n) is 6.48. The lowest BCUT2D eigenvalue weighted by Crippen LogP contribution is -2.30. The normalized spacial score (nSPS) is 10.5.